The summed E-state index contributed by atoms with van der Waals surface area (Å²) in [6.07, 6.45) is -1.55. The maximum atomic E-state index is 13.1. The molecule has 1 atom stereocenters. The Morgan fingerprint density at radius 2 is 1.44 bits per heavy atom. The van der Waals surface area contributed by atoms with Crippen molar-refractivity contribution >= 4 is 18.0 Å². The molecule has 2 aromatic carbocycles. The Balaban J connectivity index is 2.25. The van der Waals surface area contributed by atoms with Gasteiger partial charge in [0, 0.05) is 5.57 Å². The van der Waals surface area contributed by atoms with Crippen LogP contribution in [0.2, 0.25) is 0 Å². The van der Waals surface area contributed by atoms with E-state index in [9.17, 15) is 14.4 Å². The minimum atomic E-state index is -1.27. The van der Waals surface area contributed by atoms with E-state index in [0.29, 0.717) is 0 Å². The Bertz CT molecular complexity index is 894. The third-order valence-electron chi connectivity index (χ3n) is 4.14. The molecule has 0 bridgehead atoms. The first-order valence-electron chi connectivity index (χ1n) is 10.2. The Morgan fingerprint density at radius 1 is 0.938 bits per heavy atom. The zero-order valence-corrected chi connectivity index (χ0v) is 18.8. The molecule has 2 rings (SSSR count). The van der Waals surface area contributed by atoms with Gasteiger partial charge in [0.15, 0.2) is 12.1 Å². The number of nitrogens with one attached hydrogen (secondary N) is 1. The van der Waals surface area contributed by atoms with E-state index in [2.05, 4.69) is 11.9 Å². The van der Waals surface area contributed by atoms with Crippen molar-refractivity contribution < 1.29 is 28.6 Å². The SMILES string of the molecule is C=C(C)C(=O)OC[C@H](NC(=O)OC(C)(C)C)C(=O)OC(c1ccccc1)c1ccccc1. The number of ether oxygens (including phenoxy) is 3. The summed E-state index contributed by atoms with van der Waals surface area (Å²) < 4.78 is 16.1. The van der Waals surface area contributed by atoms with Crippen molar-refractivity contribution in [3.05, 3.63) is 83.9 Å². The fourth-order valence-electron chi connectivity index (χ4n) is 2.68. The maximum Gasteiger partial charge on any atom is 0.408 e. The molecule has 0 saturated heterocycles. The molecule has 0 unspecified atom stereocenters. The van der Waals surface area contributed by atoms with Crippen LogP contribution >= 0.6 is 0 Å². The molecule has 0 radical (unpaired) electrons. The summed E-state index contributed by atoms with van der Waals surface area (Å²) in [6.45, 7) is 9.65. The number of benzene rings is 2. The van der Waals surface area contributed by atoms with E-state index in [0.717, 1.165) is 11.1 Å². The van der Waals surface area contributed by atoms with Gasteiger partial charge in [-0.3, -0.25) is 0 Å². The zero-order chi connectivity index (χ0) is 23.7. The smallest absolute Gasteiger partial charge is 0.408 e. The summed E-state index contributed by atoms with van der Waals surface area (Å²) in [5, 5.41) is 2.43. The molecule has 0 heterocycles. The third kappa shape index (κ3) is 7.91. The van der Waals surface area contributed by atoms with Gasteiger partial charge in [0.2, 0.25) is 0 Å². The standard InChI is InChI=1S/C25H29NO6/c1-17(2)22(27)30-16-20(26-24(29)32-25(3,4)5)23(28)31-21(18-12-8-6-9-13-18)19-14-10-7-11-15-19/h6-15,20-21H,1,16H2,2-5H3,(H,26,29)/t20-/m0/s1. The number of amides is 1. The lowest BCUT2D eigenvalue weighted by atomic mass is 10.0. The van der Waals surface area contributed by atoms with E-state index >= 15 is 0 Å². The van der Waals surface area contributed by atoms with Gasteiger partial charge in [-0.15, -0.1) is 0 Å². The summed E-state index contributed by atoms with van der Waals surface area (Å²) in [7, 11) is 0. The van der Waals surface area contributed by atoms with E-state index < -0.39 is 42.4 Å². The number of carbonyl (C=O) groups excluding carboxylic acids is 3. The minimum absolute atomic E-state index is 0.167. The highest BCUT2D eigenvalue weighted by Crippen LogP contribution is 2.26. The summed E-state index contributed by atoms with van der Waals surface area (Å²) in [5.74, 6) is -1.46. The first kappa shape index (κ1) is 24.7. The molecular formula is C25H29NO6. The van der Waals surface area contributed by atoms with Gasteiger partial charge in [0.1, 0.15) is 12.2 Å². The molecule has 2 aromatic rings. The van der Waals surface area contributed by atoms with E-state index in [1.807, 2.05) is 60.7 Å². The molecule has 32 heavy (non-hydrogen) atoms. The van der Waals surface area contributed by atoms with Crippen molar-refractivity contribution in [1.82, 2.24) is 5.32 Å². The van der Waals surface area contributed by atoms with Crippen LogP contribution in [-0.2, 0) is 23.8 Å². The van der Waals surface area contributed by atoms with Crippen LogP contribution < -0.4 is 5.32 Å². The molecule has 1 N–H and O–H groups in total. The second-order valence-electron chi connectivity index (χ2n) is 8.22. The lowest BCUT2D eigenvalue weighted by Gasteiger charge is -2.25. The predicted octanol–water partition coefficient (Wildman–Crippen LogP) is 4.33. The van der Waals surface area contributed by atoms with Crippen molar-refractivity contribution in [2.24, 2.45) is 0 Å². The Labute approximate surface area is 188 Å². The van der Waals surface area contributed by atoms with Crippen molar-refractivity contribution in [3.63, 3.8) is 0 Å². The zero-order valence-electron chi connectivity index (χ0n) is 18.8. The number of hydrogen-bond acceptors (Lipinski definition) is 6. The quantitative estimate of drug-likeness (QED) is 0.374. The summed E-state index contributed by atoms with van der Waals surface area (Å²) in [4.78, 5) is 37.2. The fraction of sp³-hybridized carbons (Fsp3) is 0.320. The normalized spacial score (nSPS) is 11.9. The van der Waals surface area contributed by atoms with Crippen LogP contribution in [0.15, 0.2) is 72.8 Å². The fourth-order valence-corrected chi connectivity index (χ4v) is 2.68. The molecule has 0 saturated carbocycles. The number of hydrogen-bond donors (Lipinski definition) is 1. The molecule has 1 amide bonds. The Hall–Kier alpha value is -3.61. The molecule has 0 aliphatic rings. The summed E-state index contributed by atoms with van der Waals surface area (Å²) >= 11 is 0. The molecule has 7 nitrogen and oxygen atoms in total. The monoisotopic (exact) mass is 439 g/mol. The lowest BCUT2D eigenvalue weighted by molar-refractivity contribution is -0.153. The summed E-state index contributed by atoms with van der Waals surface area (Å²) in [5.41, 5.74) is 0.897. The van der Waals surface area contributed by atoms with Crippen LogP contribution in [0, 0.1) is 0 Å². The highest BCUT2D eigenvalue weighted by molar-refractivity contribution is 5.87. The highest BCUT2D eigenvalue weighted by Gasteiger charge is 2.30. The molecular weight excluding hydrogens is 410 g/mol. The predicted molar refractivity (Wildman–Crippen MR) is 120 cm³/mol. The van der Waals surface area contributed by atoms with Gasteiger partial charge in [-0.1, -0.05) is 67.2 Å². The van der Waals surface area contributed by atoms with Crippen LogP contribution in [-0.4, -0.2) is 36.3 Å². The maximum absolute atomic E-state index is 13.1. The van der Waals surface area contributed by atoms with Crippen LogP contribution in [0.5, 0.6) is 0 Å². The number of rotatable bonds is 8. The first-order valence-corrected chi connectivity index (χ1v) is 10.2. The van der Waals surface area contributed by atoms with Crippen molar-refractivity contribution in [2.45, 2.75) is 45.4 Å². The van der Waals surface area contributed by atoms with Crippen LogP contribution in [0.3, 0.4) is 0 Å². The second kappa shape index (κ2) is 11.1. The Kier molecular flexibility index (Phi) is 8.58. The van der Waals surface area contributed by atoms with Crippen LogP contribution in [0.25, 0.3) is 0 Å². The topological polar surface area (TPSA) is 90.9 Å². The highest BCUT2D eigenvalue weighted by atomic mass is 16.6. The van der Waals surface area contributed by atoms with Gasteiger partial charge in [0.05, 0.1) is 0 Å². The van der Waals surface area contributed by atoms with E-state index in [-0.39, 0.29) is 5.57 Å². The molecule has 0 aliphatic heterocycles. The van der Waals surface area contributed by atoms with E-state index in [1.165, 1.54) is 6.92 Å². The van der Waals surface area contributed by atoms with E-state index in [4.69, 9.17) is 14.2 Å². The molecule has 7 heteroatoms. The molecule has 0 spiro atoms. The van der Waals surface area contributed by atoms with Crippen molar-refractivity contribution in [3.8, 4) is 0 Å². The van der Waals surface area contributed by atoms with Crippen molar-refractivity contribution in [2.75, 3.05) is 6.61 Å². The number of alkyl carbamates (subject to hydrolysis) is 1. The summed E-state index contributed by atoms with van der Waals surface area (Å²) in [6, 6.07) is 17.1. The van der Waals surface area contributed by atoms with Crippen LogP contribution in [0.1, 0.15) is 44.9 Å². The first-order chi connectivity index (χ1) is 15.1. The van der Waals surface area contributed by atoms with Crippen LogP contribution in [0.4, 0.5) is 4.79 Å². The number of esters is 2. The van der Waals surface area contributed by atoms with Gasteiger partial charge >= 0.3 is 18.0 Å². The van der Waals surface area contributed by atoms with Gasteiger partial charge < -0.3 is 19.5 Å². The minimum Gasteiger partial charge on any atom is -0.460 e. The largest absolute Gasteiger partial charge is 0.460 e. The average Bonchev–Trinajstić information content (AvgIpc) is 2.74. The third-order valence-corrected chi connectivity index (χ3v) is 4.14. The van der Waals surface area contributed by atoms with Crippen molar-refractivity contribution in [1.29, 1.82) is 0 Å². The lowest BCUT2D eigenvalue weighted by Crippen LogP contribution is -2.47. The molecule has 0 aromatic heterocycles. The van der Waals surface area contributed by atoms with Gasteiger partial charge in [-0.25, -0.2) is 14.4 Å². The number of carbonyl (C=O) groups is 3. The van der Waals surface area contributed by atoms with Gasteiger partial charge in [-0.05, 0) is 38.8 Å². The molecule has 0 fully saturated rings. The van der Waals surface area contributed by atoms with Gasteiger partial charge in [-0.2, -0.15) is 0 Å². The second-order valence-corrected chi connectivity index (χ2v) is 8.22. The average molecular weight is 440 g/mol. The molecule has 0 aliphatic carbocycles. The molecule has 170 valence electrons. The Morgan fingerprint density at radius 3 is 1.88 bits per heavy atom. The van der Waals surface area contributed by atoms with E-state index in [1.54, 1.807) is 20.8 Å². The van der Waals surface area contributed by atoms with Gasteiger partial charge in [0.25, 0.3) is 0 Å².